The van der Waals surface area contributed by atoms with E-state index in [4.69, 9.17) is 16.3 Å². The van der Waals surface area contributed by atoms with Gasteiger partial charge in [0.15, 0.2) is 5.78 Å². The van der Waals surface area contributed by atoms with E-state index >= 15 is 0 Å². The molecule has 0 radical (unpaired) electrons. The molecule has 0 aromatic heterocycles. The van der Waals surface area contributed by atoms with Crippen molar-refractivity contribution in [3.8, 4) is 11.5 Å². The van der Waals surface area contributed by atoms with Crippen molar-refractivity contribution in [2.45, 2.75) is 31.3 Å². The van der Waals surface area contributed by atoms with Crippen LogP contribution in [0, 0.1) is 0 Å². The summed E-state index contributed by atoms with van der Waals surface area (Å²) in [6.45, 7) is 3.08. The molecule has 4 rings (SSSR count). The van der Waals surface area contributed by atoms with Crippen molar-refractivity contribution in [2.75, 3.05) is 19.6 Å². The molecule has 2 saturated heterocycles. The van der Waals surface area contributed by atoms with Crippen molar-refractivity contribution in [3.63, 3.8) is 0 Å². The number of benzene rings is 2. The molecule has 5 heteroatoms. The predicted molar refractivity (Wildman–Crippen MR) is 103 cm³/mol. The average molecular weight is 371 g/mol. The van der Waals surface area contributed by atoms with Crippen molar-refractivity contribution in [1.29, 1.82) is 0 Å². The van der Waals surface area contributed by atoms with Crippen LogP contribution in [0.15, 0.2) is 48.5 Å². The van der Waals surface area contributed by atoms with Gasteiger partial charge in [-0.1, -0.05) is 11.6 Å². The summed E-state index contributed by atoms with van der Waals surface area (Å²) in [6, 6.07) is 15.2. The smallest absolute Gasteiger partial charge is 0.179 e. The van der Waals surface area contributed by atoms with E-state index in [1.165, 1.54) is 0 Å². The Morgan fingerprint density at radius 3 is 2.38 bits per heavy atom. The molecule has 0 amide bonds. The summed E-state index contributed by atoms with van der Waals surface area (Å²) in [5.41, 5.74) is 0.760. The standard InChI is InChI=1S/C21H23ClN2O2/c22-16-5-9-19(10-6-16)26-18-7-3-15(4-8-18)21(25)20-2-1-13-24(20)17-11-12-23-14-17/h3-10,17,20,23H,1-2,11-14H2. The second kappa shape index (κ2) is 7.78. The van der Waals surface area contributed by atoms with Gasteiger partial charge in [-0.25, -0.2) is 0 Å². The lowest BCUT2D eigenvalue weighted by atomic mass is 10.0. The first-order chi connectivity index (χ1) is 12.7. The monoisotopic (exact) mass is 370 g/mol. The maximum Gasteiger partial charge on any atom is 0.179 e. The molecule has 2 heterocycles. The van der Waals surface area contributed by atoms with Crippen LogP contribution in [-0.2, 0) is 0 Å². The largest absolute Gasteiger partial charge is 0.457 e. The summed E-state index contributed by atoms with van der Waals surface area (Å²) in [5, 5.41) is 4.08. The maximum atomic E-state index is 13.0. The van der Waals surface area contributed by atoms with Crippen molar-refractivity contribution in [3.05, 3.63) is 59.1 Å². The zero-order chi connectivity index (χ0) is 17.9. The minimum Gasteiger partial charge on any atom is -0.457 e. The van der Waals surface area contributed by atoms with E-state index in [0.717, 1.165) is 50.2 Å². The van der Waals surface area contributed by atoms with E-state index in [2.05, 4.69) is 10.2 Å². The van der Waals surface area contributed by atoms with Gasteiger partial charge in [-0.15, -0.1) is 0 Å². The molecule has 1 N–H and O–H groups in total. The summed E-state index contributed by atoms with van der Waals surface area (Å²) in [6.07, 6.45) is 3.20. The van der Waals surface area contributed by atoms with Crippen LogP contribution in [0.4, 0.5) is 0 Å². The Morgan fingerprint density at radius 1 is 1.04 bits per heavy atom. The number of likely N-dealkylation sites (tertiary alicyclic amines) is 1. The van der Waals surface area contributed by atoms with Crippen LogP contribution in [-0.4, -0.2) is 42.4 Å². The Morgan fingerprint density at radius 2 is 1.73 bits per heavy atom. The summed E-state index contributed by atoms with van der Waals surface area (Å²) in [5.74, 6) is 1.67. The number of ether oxygens (including phenoxy) is 1. The van der Waals surface area contributed by atoms with Gasteiger partial charge in [0, 0.05) is 23.2 Å². The summed E-state index contributed by atoms with van der Waals surface area (Å²) in [4.78, 5) is 15.4. The third kappa shape index (κ3) is 3.78. The zero-order valence-electron chi connectivity index (χ0n) is 14.7. The number of nitrogens with zero attached hydrogens (tertiary/aromatic N) is 1. The second-order valence-electron chi connectivity index (χ2n) is 6.99. The molecule has 2 fully saturated rings. The van der Waals surface area contributed by atoms with Crippen molar-refractivity contribution >= 4 is 17.4 Å². The fourth-order valence-electron chi connectivity index (χ4n) is 3.95. The lowest BCUT2D eigenvalue weighted by Gasteiger charge is -2.29. The Hall–Kier alpha value is -1.88. The normalized spacial score (nSPS) is 23.3. The molecule has 0 saturated carbocycles. The highest BCUT2D eigenvalue weighted by molar-refractivity contribution is 6.30. The Labute approximate surface area is 159 Å². The average Bonchev–Trinajstić information content (AvgIpc) is 3.35. The van der Waals surface area contributed by atoms with Gasteiger partial charge < -0.3 is 10.1 Å². The highest BCUT2D eigenvalue weighted by Gasteiger charge is 2.36. The molecular formula is C21H23ClN2O2. The molecule has 2 aromatic carbocycles. The number of hydrogen-bond donors (Lipinski definition) is 1. The molecule has 0 bridgehead atoms. The first-order valence-corrected chi connectivity index (χ1v) is 9.63. The van der Waals surface area contributed by atoms with Gasteiger partial charge in [-0.05, 0) is 80.9 Å². The Bertz CT molecular complexity index is 755. The number of nitrogens with one attached hydrogen (secondary N) is 1. The number of Topliss-reactive ketones (excluding diaryl/α,β-unsaturated/α-hetero) is 1. The molecule has 2 atom stereocenters. The van der Waals surface area contributed by atoms with Gasteiger partial charge in [0.05, 0.1) is 6.04 Å². The molecule has 0 aliphatic carbocycles. The van der Waals surface area contributed by atoms with E-state index in [1.54, 1.807) is 12.1 Å². The minimum atomic E-state index is 0.0166. The molecule has 26 heavy (non-hydrogen) atoms. The summed E-state index contributed by atoms with van der Waals surface area (Å²) < 4.78 is 5.81. The number of carbonyl (C=O) groups excluding carboxylic acids is 1. The molecule has 2 aliphatic heterocycles. The van der Waals surface area contributed by atoms with Crippen molar-refractivity contribution in [2.24, 2.45) is 0 Å². The van der Waals surface area contributed by atoms with Crippen LogP contribution in [0.3, 0.4) is 0 Å². The Balaban J connectivity index is 1.44. The highest BCUT2D eigenvalue weighted by Crippen LogP contribution is 2.27. The number of ketones is 1. The van der Waals surface area contributed by atoms with Crippen LogP contribution in [0.5, 0.6) is 11.5 Å². The number of hydrogen-bond acceptors (Lipinski definition) is 4. The predicted octanol–water partition coefficient (Wildman–Crippen LogP) is 4.14. The Kier molecular flexibility index (Phi) is 5.25. The van der Waals surface area contributed by atoms with Gasteiger partial charge in [0.25, 0.3) is 0 Å². The molecule has 2 aliphatic rings. The lowest BCUT2D eigenvalue weighted by molar-refractivity contribution is 0.0826. The van der Waals surface area contributed by atoms with E-state index in [-0.39, 0.29) is 11.8 Å². The van der Waals surface area contributed by atoms with Crippen molar-refractivity contribution in [1.82, 2.24) is 10.2 Å². The summed E-state index contributed by atoms with van der Waals surface area (Å²) in [7, 11) is 0. The van der Waals surface area contributed by atoms with Crippen LogP contribution in [0.25, 0.3) is 0 Å². The third-order valence-electron chi connectivity index (χ3n) is 5.29. The lowest BCUT2D eigenvalue weighted by Crippen LogP contribution is -2.44. The topological polar surface area (TPSA) is 41.6 Å². The molecule has 2 aromatic rings. The quantitative estimate of drug-likeness (QED) is 0.803. The molecule has 0 spiro atoms. The molecular weight excluding hydrogens is 348 g/mol. The SMILES string of the molecule is O=C(c1ccc(Oc2ccc(Cl)cc2)cc1)C1CCCN1C1CCNC1. The van der Waals surface area contributed by atoms with Gasteiger partial charge in [-0.3, -0.25) is 9.69 Å². The first kappa shape index (κ1) is 17.5. The number of halogens is 1. The highest BCUT2D eigenvalue weighted by atomic mass is 35.5. The van der Waals surface area contributed by atoms with E-state index in [9.17, 15) is 4.79 Å². The van der Waals surface area contributed by atoms with Crippen molar-refractivity contribution < 1.29 is 9.53 Å². The van der Waals surface area contributed by atoms with Gasteiger partial charge in [0.2, 0.25) is 0 Å². The van der Waals surface area contributed by atoms with Crippen LogP contribution in [0.2, 0.25) is 5.02 Å². The van der Waals surface area contributed by atoms with Gasteiger partial charge in [0.1, 0.15) is 11.5 Å². The van der Waals surface area contributed by atoms with Gasteiger partial charge in [-0.2, -0.15) is 0 Å². The molecule has 2 unspecified atom stereocenters. The fraction of sp³-hybridized carbons (Fsp3) is 0.381. The third-order valence-corrected chi connectivity index (χ3v) is 5.54. The van der Waals surface area contributed by atoms with Gasteiger partial charge >= 0.3 is 0 Å². The van der Waals surface area contributed by atoms with Crippen LogP contribution < -0.4 is 10.1 Å². The number of rotatable bonds is 5. The van der Waals surface area contributed by atoms with E-state index < -0.39 is 0 Å². The maximum absolute atomic E-state index is 13.0. The van der Waals surface area contributed by atoms with E-state index in [1.807, 2.05) is 36.4 Å². The zero-order valence-corrected chi connectivity index (χ0v) is 15.4. The number of carbonyl (C=O) groups is 1. The fourth-order valence-corrected chi connectivity index (χ4v) is 4.07. The van der Waals surface area contributed by atoms with E-state index in [0.29, 0.717) is 16.8 Å². The van der Waals surface area contributed by atoms with Crippen LogP contribution >= 0.6 is 11.6 Å². The minimum absolute atomic E-state index is 0.0166. The first-order valence-electron chi connectivity index (χ1n) is 9.25. The molecule has 4 nitrogen and oxygen atoms in total. The second-order valence-corrected chi connectivity index (χ2v) is 7.42. The van der Waals surface area contributed by atoms with Crippen LogP contribution in [0.1, 0.15) is 29.6 Å². The molecule has 136 valence electrons. The summed E-state index contributed by atoms with van der Waals surface area (Å²) >= 11 is 5.89.